The Balaban J connectivity index is 1.77. The van der Waals surface area contributed by atoms with E-state index < -0.39 is 5.97 Å². The number of ether oxygens (including phenoxy) is 1. The second-order valence-corrected chi connectivity index (χ2v) is 7.32. The van der Waals surface area contributed by atoms with E-state index in [0.717, 1.165) is 29.2 Å². The molecule has 0 bridgehead atoms. The predicted molar refractivity (Wildman–Crippen MR) is 103 cm³/mol. The van der Waals surface area contributed by atoms with E-state index in [0.29, 0.717) is 30.2 Å². The minimum absolute atomic E-state index is 0.202. The topological polar surface area (TPSA) is 78.9 Å². The lowest BCUT2D eigenvalue weighted by atomic mass is 10.1. The summed E-state index contributed by atoms with van der Waals surface area (Å²) < 4.78 is 5.35. The Bertz CT molecular complexity index is 808. The van der Waals surface area contributed by atoms with Crippen molar-refractivity contribution < 1.29 is 19.4 Å². The Kier molecular flexibility index (Phi) is 5.58. The number of amides is 1. The average molecular weight is 374 g/mol. The Morgan fingerprint density at radius 2 is 1.88 bits per heavy atom. The van der Waals surface area contributed by atoms with E-state index in [1.54, 1.807) is 12.1 Å². The molecule has 26 heavy (non-hydrogen) atoms. The molecule has 1 aliphatic heterocycles. The summed E-state index contributed by atoms with van der Waals surface area (Å²) >= 11 is 1.31. The first-order valence-electron chi connectivity index (χ1n) is 8.61. The number of hydrogen-bond donors (Lipinski definition) is 2. The SMILES string of the molecule is CCc1c(C)sc(NC(=O)c2ccc(N3CCOCC3)cc2)c1C(=O)O. The summed E-state index contributed by atoms with van der Waals surface area (Å²) in [6.07, 6.45) is 0.619. The molecule has 3 rings (SSSR count). The number of hydrogen-bond acceptors (Lipinski definition) is 5. The van der Waals surface area contributed by atoms with Gasteiger partial charge in [0, 0.05) is 29.2 Å². The summed E-state index contributed by atoms with van der Waals surface area (Å²) in [5, 5.41) is 12.7. The van der Waals surface area contributed by atoms with Crippen LogP contribution in [0.15, 0.2) is 24.3 Å². The molecule has 2 aromatic rings. The van der Waals surface area contributed by atoms with E-state index in [4.69, 9.17) is 4.74 Å². The Hall–Kier alpha value is -2.38. The van der Waals surface area contributed by atoms with Gasteiger partial charge < -0.3 is 20.1 Å². The summed E-state index contributed by atoms with van der Waals surface area (Å²) in [7, 11) is 0. The summed E-state index contributed by atoms with van der Waals surface area (Å²) in [5.74, 6) is -1.31. The van der Waals surface area contributed by atoms with Crippen molar-refractivity contribution in [2.45, 2.75) is 20.3 Å². The number of benzene rings is 1. The average Bonchev–Trinajstić information content (AvgIpc) is 2.97. The van der Waals surface area contributed by atoms with Gasteiger partial charge in [0.15, 0.2) is 0 Å². The second-order valence-electron chi connectivity index (χ2n) is 6.10. The fourth-order valence-electron chi connectivity index (χ4n) is 3.14. The molecule has 1 aliphatic rings. The lowest BCUT2D eigenvalue weighted by molar-refractivity contribution is 0.0697. The number of carboxylic acids is 1. The fraction of sp³-hybridized carbons (Fsp3) is 0.368. The van der Waals surface area contributed by atoms with Gasteiger partial charge in [0.1, 0.15) is 5.00 Å². The minimum Gasteiger partial charge on any atom is -0.478 e. The van der Waals surface area contributed by atoms with Gasteiger partial charge in [-0.1, -0.05) is 6.92 Å². The third kappa shape index (κ3) is 3.73. The van der Waals surface area contributed by atoms with Gasteiger partial charge in [-0.05, 0) is 43.2 Å². The zero-order valence-corrected chi connectivity index (χ0v) is 15.7. The lowest BCUT2D eigenvalue weighted by Gasteiger charge is -2.28. The molecule has 0 unspecified atom stereocenters. The van der Waals surface area contributed by atoms with Crippen LogP contribution < -0.4 is 10.2 Å². The van der Waals surface area contributed by atoms with Crippen LogP contribution in [0.4, 0.5) is 10.7 Å². The highest BCUT2D eigenvalue weighted by Gasteiger charge is 2.22. The molecule has 138 valence electrons. The van der Waals surface area contributed by atoms with Crippen LogP contribution in [-0.2, 0) is 11.2 Å². The van der Waals surface area contributed by atoms with E-state index in [-0.39, 0.29) is 11.5 Å². The number of nitrogens with one attached hydrogen (secondary N) is 1. The molecular formula is C19H22N2O4S. The predicted octanol–water partition coefficient (Wildman–Crippen LogP) is 3.41. The van der Waals surface area contributed by atoms with Crippen LogP contribution in [0.5, 0.6) is 0 Å². The molecule has 1 aromatic carbocycles. The summed E-state index contributed by atoms with van der Waals surface area (Å²) in [6, 6.07) is 7.36. The second kappa shape index (κ2) is 7.88. The van der Waals surface area contributed by atoms with Gasteiger partial charge in [0.25, 0.3) is 5.91 Å². The molecule has 0 radical (unpaired) electrons. The van der Waals surface area contributed by atoms with E-state index in [1.807, 2.05) is 26.0 Å². The number of carboxylic acid groups (broad SMARTS) is 1. The van der Waals surface area contributed by atoms with Crippen molar-refractivity contribution in [3.63, 3.8) is 0 Å². The normalized spacial score (nSPS) is 14.3. The first-order chi connectivity index (χ1) is 12.5. The number of thiophene rings is 1. The molecule has 7 heteroatoms. The van der Waals surface area contributed by atoms with Crippen molar-refractivity contribution in [2.75, 3.05) is 36.5 Å². The summed E-state index contributed by atoms with van der Waals surface area (Å²) in [6.45, 7) is 6.87. The van der Waals surface area contributed by atoms with Crippen LogP contribution >= 0.6 is 11.3 Å². The largest absolute Gasteiger partial charge is 0.478 e. The molecule has 6 nitrogen and oxygen atoms in total. The molecule has 0 spiro atoms. The maximum Gasteiger partial charge on any atom is 0.339 e. The van der Waals surface area contributed by atoms with Gasteiger partial charge in [-0.25, -0.2) is 4.79 Å². The third-order valence-electron chi connectivity index (χ3n) is 4.51. The maximum absolute atomic E-state index is 12.6. The van der Waals surface area contributed by atoms with Gasteiger partial charge in [0.05, 0.1) is 18.8 Å². The van der Waals surface area contributed by atoms with Crippen LogP contribution in [-0.4, -0.2) is 43.3 Å². The van der Waals surface area contributed by atoms with E-state index >= 15 is 0 Å². The Morgan fingerprint density at radius 3 is 2.46 bits per heavy atom. The third-order valence-corrected chi connectivity index (χ3v) is 5.57. The molecule has 1 aromatic heterocycles. The number of morpholine rings is 1. The molecule has 1 amide bonds. The molecule has 0 atom stereocenters. The zero-order valence-electron chi connectivity index (χ0n) is 14.9. The molecule has 0 aliphatic carbocycles. The number of carbonyl (C=O) groups is 2. The van der Waals surface area contributed by atoms with Crippen molar-refractivity contribution in [2.24, 2.45) is 0 Å². The molecule has 2 heterocycles. The number of anilines is 2. The van der Waals surface area contributed by atoms with Gasteiger partial charge in [0.2, 0.25) is 0 Å². The minimum atomic E-state index is -1.01. The van der Waals surface area contributed by atoms with E-state index in [9.17, 15) is 14.7 Å². The maximum atomic E-state index is 12.6. The molecule has 1 fully saturated rings. The molecule has 2 N–H and O–H groups in total. The van der Waals surface area contributed by atoms with Crippen molar-refractivity contribution in [3.05, 3.63) is 45.8 Å². The van der Waals surface area contributed by atoms with E-state index in [1.165, 1.54) is 11.3 Å². The van der Waals surface area contributed by atoms with Gasteiger partial charge in [-0.15, -0.1) is 11.3 Å². The monoisotopic (exact) mass is 374 g/mol. The highest BCUT2D eigenvalue weighted by Crippen LogP contribution is 2.33. The first-order valence-corrected chi connectivity index (χ1v) is 9.42. The molecular weight excluding hydrogens is 352 g/mol. The number of rotatable bonds is 5. The number of aromatic carboxylic acids is 1. The van der Waals surface area contributed by atoms with Crippen molar-refractivity contribution >= 4 is 33.9 Å². The first kappa shape index (κ1) is 18.4. The van der Waals surface area contributed by atoms with Crippen LogP contribution in [0.25, 0.3) is 0 Å². The van der Waals surface area contributed by atoms with Crippen LogP contribution in [0.3, 0.4) is 0 Å². The standard InChI is InChI=1S/C19H22N2O4S/c1-3-15-12(2)26-18(16(15)19(23)24)20-17(22)13-4-6-14(7-5-13)21-8-10-25-11-9-21/h4-7H,3,8-11H2,1-2H3,(H,20,22)(H,23,24). The highest BCUT2D eigenvalue weighted by molar-refractivity contribution is 7.16. The lowest BCUT2D eigenvalue weighted by Crippen LogP contribution is -2.36. The quantitative estimate of drug-likeness (QED) is 0.838. The van der Waals surface area contributed by atoms with Gasteiger partial charge >= 0.3 is 5.97 Å². The number of aryl methyl sites for hydroxylation is 1. The number of carbonyl (C=O) groups excluding carboxylic acids is 1. The molecule has 1 saturated heterocycles. The zero-order chi connectivity index (χ0) is 18.7. The number of nitrogens with zero attached hydrogens (tertiary/aromatic N) is 1. The highest BCUT2D eigenvalue weighted by atomic mass is 32.1. The molecule has 0 saturated carbocycles. The fourth-order valence-corrected chi connectivity index (χ4v) is 4.27. The Labute approximate surface area is 156 Å². The van der Waals surface area contributed by atoms with Crippen molar-refractivity contribution in [1.82, 2.24) is 0 Å². The van der Waals surface area contributed by atoms with Crippen LogP contribution in [0.1, 0.15) is 38.1 Å². The van der Waals surface area contributed by atoms with Crippen molar-refractivity contribution in [3.8, 4) is 0 Å². The Morgan fingerprint density at radius 1 is 1.23 bits per heavy atom. The van der Waals surface area contributed by atoms with Gasteiger partial charge in [-0.2, -0.15) is 0 Å². The van der Waals surface area contributed by atoms with Crippen LogP contribution in [0, 0.1) is 6.92 Å². The smallest absolute Gasteiger partial charge is 0.339 e. The summed E-state index contributed by atoms with van der Waals surface area (Å²) in [5.41, 5.74) is 2.53. The van der Waals surface area contributed by atoms with Crippen molar-refractivity contribution in [1.29, 1.82) is 0 Å². The van der Waals surface area contributed by atoms with Crippen LogP contribution in [0.2, 0.25) is 0 Å². The summed E-state index contributed by atoms with van der Waals surface area (Å²) in [4.78, 5) is 27.3. The van der Waals surface area contributed by atoms with Gasteiger partial charge in [-0.3, -0.25) is 4.79 Å². The van der Waals surface area contributed by atoms with E-state index in [2.05, 4.69) is 10.2 Å².